The molecule has 28 heavy (non-hydrogen) atoms. The normalized spacial score (nSPS) is 12.4. The SMILES string of the molecule is NS(=O)(=O)c1ccc(-n2nc(C(F)(F)F)nc2-c2cc(F)c(Cl)cc2Cl)cc1. The molecule has 0 radical (unpaired) electrons. The van der Waals surface area contributed by atoms with Gasteiger partial charge in [-0.3, -0.25) is 0 Å². The molecule has 2 aromatic carbocycles. The van der Waals surface area contributed by atoms with Crippen LogP contribution in [0.1, 0.15) is 5.82 Å². The summed E-state index contributed by atoms with van der Waals surface area (Å²) >= 11 is 11.6. The number of aromatic nitrogens is 3. The quantitative estimate of drug-likeness (QED) is 0.477. The Hall–Kier alpha value is -2.21. The first-order valence-corrected chi connectivity index (χ1v) is 9.50. The van der Waals surface area contributed by atoms with Gasteiger partial charge in [0.2, 0.25) is 10.0 Å². The van der Waals surface area contributed by atoms with E-state index in [0.717, 1.165) is 41.1 Å². The fourth-order valence-electron chi connectivity index (χ4n) is 2.26. The zero-order valence-electron chi connectivity index (χ0n) is 13.4. The Labute approximate surface area is 165 Å². The minimum Gasteiger partial charge on any atom is -0.225 e. The largest absolute Gasteiger partial charge is 0.453 e. The lowest BCUT2D eigenvalue weighted by molar-refractivity contribution is -0.144. The second-order valence-corrected chi connectivity index (χ2v) is 7.83. The lowest BCUT2D eigenvalue weighted by Gasteiger charge is -2.09. The average Bonchev–Trinajstić information content (AvgIpc) is 3.03. The van der Waals surface area contributed by atoms with Crippen LogP contribution in [0.5, 0.6) is 0 Å². The maximum absolute atomic E-state index is 13.9. The van der Waals surface area contributed by atoms with E-state index >= 15 is 0 Å². The van der Waals surface area contributed by atoms with Crippen molar-refractivity contribution in [2.45, 2.75) is 11.1 Å². The summed E-state index contributed by atoms with van der Waals surface area (Å²) in [4.78, 5) is 3.16. The molecule has 0 aliphatic heterocycles. The minimum absolute atomic E-state index is 0.0109. The number of halogens is 6. The molecule has 0 saturated carbocycles. The monoisotopic (exact) mass is 454 g/mol. The summed E-state index contributed by atoms with van der Waals surface area (Å²) in [6, 6.07) is 6.32. The van der Waals surface area contributed by atoms with Gasteiger partial charge >= 0.3 is 6.18 Å². The van der Waals surface area contributed by atoms with Gasteiger partial charge in [0, 0.05) is 5.56 Å². The highest BCUT2D eigenvalue weighted by Gasteiger charge is 2.38. The van der Waals surface area contributed by atoms with E-state index in [2.05, 4.69) is 10.1 Å². The fourth-order valence-corrected chi connectivity index (χ4v) is 3.24. The summed E-state index contributed by atoms with van der Waals surface area (Å²) in [6.45, 7) is 0. The average molecular weight is 455 g/mol. The molecule has 3 rings (SSSR count). The van der Waals surface area contributed by atoms with Crippen LogP contribution >= 0.6 is 23.2 Å². The molecule has 0 aliphatic carbocycles. The molecule has 0 saturated heterocycles. The number of hydrogen-bond donors (Lipinski definition) is 1. The molecular weight excluding hydrogens is 447 g/mol. The number of sulfonamides is 1. The first-order chi connectivity index (χ1) is 12.9. The van der Waals surface area contributed by atoms with Crippen molar-refractivity contribution in [3.05, 3.63) is 58.1 Å². The molecule has 2 N–H and O–H groups in total. The molecule has 0 amide bonds. The number of hydrogen-bond acceptors (Lipinski definition) is 4. The van der Waals surface area contributed by atoms with Gasteiger partial charge in [-0.15, -0.1) is 5.10 Å². The third kappa shape index (κ3) is 3.97. The highest BCUT2D eigenvalue weighted by Crippen LogP contribution is 2.35. The van der Waals surface area contributed by atoms with E-state index in [9.17, 15) is 26.0 Å². The van der Waals surface area contributed by atoms with Gasteiger partial charge in [-0.1, -0.05) is 23.2 Å². The standard InChI is InChI=1S/C15H8Cl2F4N4O2S/c16-10-6-11(17)12(18)5-9(10)13-23-14(15(19,20)21)24-25(13)7-1-3-8(4-2-7)28(22,26)27/h1-6H,(H2,22,26,27). The van der Waals surface area contributed by atoms with Gasteiger partial charge in [0.25, 0.3) is 5.82 Å². The van der Waals surface area contributed by atoms with Crippen molar-refractivity contribution >= 4 is 33.2 Å². The zero-order chi connectivity index (χ0) is 20.9. The van der Waals surface area contributed by atoms with E-state index in [1.807, 2.05) is 0 Å². The topological polar surface area (TPSA) is 90.9 Å². The number of rotatable bonds is 3. The van der Waals surface area contributed by atoms with Gasteiger partial charge < -0.3 is 0 Å². The molecule has 0 aliphatic rings. The highest BCUT2D eigenvalue weighted by atomic mass is 35.5. The van der Waals surface area contributed by atoms with Crippen LogP contribution in [0.3, 0.4) is 0 Å². The van der Waals surface area contributed by atoms with Crippen molar-refractivity contribution < 1.29 is 26.0 Å². The van der Waals surface area contributed by atoms with Crippen molar-refractivity contribution in [2.24, 2.45) is 5.14 Å². The molecular formula is C15H8Cl2F4N4O2S. The van der Waals surface area contributed by atoms with Gasteiger partial charge in [0.1, 0.15) is 5.82 Å². The van der Waals surface area contributed by atoms with E-state index in [1.54, 1.807) is 0 Å². The van der Waals surface area contributed by atoms with Crippen LogP contribution in [0.4, 0.5) is 17.6 Å². The lowest BCUT2D eigenvalue weighted by Crippen LogP contribution is -2.12. The minimum atomic E-state index is -4.89. The second-order valence-electron chi connectivity index (χ2n) is 5.45. The van der Waals surface area contributed by atoms with Gasteiger partial charge in [0.05, 0.1) is 20.6 Å². The molecule has 1 heterocycles. The maximum atomic E-state index is 13.9. The molecule has 3 aromatic rings. The predicted molar refractivity (Wildman–Crippen MR) is 93.1 cm³/mol. The third-order valence-electron chi connectivity index (χ3n) is 3.52. The Morgan fingerprint density at radius 3 is 2.18 bits per heavy atom. The Morgan fingerprint density at radius 2 is 1.64 bits per heavy atom. The number of benzene rings is 2. The van der Waals surface area contributed by atoms with Crippen molar-refractivity contribution in [3.63, 3.8) is 0 Å². The molecule has 0 bridgehead atoms. The van der Waals surface area contributed by atoms with Crippen LogP contribution in [-0.2, 0) is 16.2 Å². The first-order valence-electron chi connectivity index (χ1n) is 7.20. The smallest absolute Gasteiger partial charge is 0.225 e. The van der Waals surface area contributed by atoms with Crippen LogP contribution in [0, 0.1) is 5.82 Å². The Bertz CT molecular complexity index is 1160. The van der Waals surface area contributed by atoms with Gasteiger partial charge in [-0.25, -0.2) is 27.6 Å². The molecule has 0 spiro atoms. The predicted octanol–water partition coefficient (Wildman–Crippen LogP) is 4.05. The second kappa shape index (κ2) is 6.99. The lowest BCUT2D eigenvalue weighted by atomic mass is 10.2. The van der Waals surface area contributed by atoms with E-state index < -0.39 is 33.7 Å². The van der Waals surface area contributed by atoms with Crippen LogP contribution in [0.15, 0.2) is 41.3 Å². The Balaban J connectivity index is 2.24. The molecule has 148 valence electrons. The van der Waals surface area contributed by atoms with Gasteiger partial charge in [0.15, 0.2) is 5.82 Å². The number of nitrogens with two attached hydrogens (primary N) is 1. The Kier molecular flexibility index (Phi) is 5.13. The molecule has 6 nitrogen and oxygen atoms in total. The maximum Gasteiger partial charge on any atom is 0.453 e. The van der Waals surface area contributed by atoms with Crippen molar-refractivity contribution in [3.8, 4) is 17.1 Å². The van der Waals surface area contributed by atoms with Crippen LogP contribution < -0.4 is 5.14 Å². The van der Waals surface area contributed by atoms with Crippen molar-refractivity contribution in [1.82, 2.24) is 14.8 Å². The molecule has 13 heteroatoms. The molecule has 0 unspecified atom stereocenters. The van der Waals surface area contributed by atoms with E-state index in [4.69, 9.17) is 28.3 Å². The summed E-state index contributed by atoms with van der Waals surface area (Å²) < 4.78 is 76.6. The van der Waals surface area contributed by atoms with E-state index in [-0.39, 0.29) is 26.2 Å². The summed E-state index contributed by atoms with van der Waals surface area (Å²) in [6.07, 6.45) is -4.89. The van der Waals surface area contributed by atoms with Crippen LogP contribution in [0.2, 0.25) is 10.0 Å². The molecule has 0 atom stereocenters. The van der Waals surface area contributed by atoms with Crippen LogP contribution in [-0.4, -0.2) is 23.2 Å². The summed E-state index contributed by atoms with van der Waals surface area (Å²) in [5.74, 6) is -2.84. The number of primary sulfonamides is 1. The van der Waals surface area contributed by atoms with E-state index in [1.165, 1.54) is 0 Å². The molecule has 1 aromatic heterocycles. The summed E-state index contributed by atoms with van der Waals surface area (Å²) in [5, 5.41) is 7.91. The third-order valence-corrected chi connectivity index (χ3v) is 5.05. The number of nitrogens with zero attached hydrogens (tertiary/aromatic N) is 3. The molecule has 0 fully saturated rings. The van der Waals surface area contributed by atoms with Crippen molar-refractivity contribution in [1.29, 1.82) is 0 Å². The zero-order valence-corrected chi connectivity index (χ0v) is 15.7. The van der Waals surface area contributed by atoms with Crippen LogP contribution in [0.25, 0.3) is 17.1 Å². The van der Waals surface area contributed by atoms with Gasteiger partial charge in [-0.2, -0.15) is 13.2 Å². The van der Waals surface area contributed by atoms with Gasteiger partial charge in [-0.05, 0) is 36.4 Å². The summed E-state index contributed by atoms with van der Waals surface area (Å²) in [5.41, 5.74) is -0.182. The Morgan fingerprint density at radius 1 is 1.04 bits per heavy atom. The van der Waals surface area contributed by atoms with E-state index in [0.29, 0.717) is 0 Å². The fraction of sp³-hybridized carbons (Fsp3) is 0.0667. The first kappa shape index (κ1) is 20.5. The highest BCUT2D eigenvalue weighted by molar-refractivity contribution is 7.89. The summed E-state index contributed by atoms with van der Waals surface area (Å²) in [7, 11) is -4.01. The van der Waals surface area contributed by atoms with Crippen molar-refractivity contribution in [2.75, 3.05) is 0 Å². The number of alkyl halides is 3.